The molecule has 0 aliphatic carbocycles. The predicted molar refractivity (Wildman–Crippen MR) is 86.1 cm³/mol. The molecule has 0 aromatic heterocycles. The molecule has 0 fully saturated rings. The Kier molecular flexibility index (Phi) is 12.2. The van der Waals surface area contributed by atoms with Gasteiger partial charge in [0.25, 0.3) is 0 Å². The largest absolute Gasteiger partial charge is 0.396 e. The summed E-state index contributed by atoms with van der Waals surface area (Å²) in [6.07, 6.45) is 3.20. The maximum absolute atomic E-state index is 9.74. The molecule has 0 amide bonds. The van der Waals surface area contributed by atoms with E-state index in [0.717, 1.165) is 0 Å². The van der Waals surface area contributed by atoms with E-state index in [1.54, 1.807) is 12.2 Å². The van der Waals surface area contributed by atoms with Gasteiger partial charge in [-0.3, -0.25) is 0 Å². The van der Waals surface area contributed by atoms with Crippen LogP contribution in [0.5, 0.6) is 0 Å². The molecule has 0 saturated heterocycles. The summed E-state index contributed by atoms with van der Waals surface area (Å²) in [6.45, 7) is 6.74. The lowest BCUT2D eigenvalue weighted by atomic mass is 9.90. The van der Waals surface area contributed by atoms with E-state index >= 15 is 0 Å². The van der Waals surface area contributed by atoms with Gasteiger partial charge in [-0.05, 0) is 0 Å². The summed E-state index contributed by atoms with van der Waals surface area (Å²) in [5, 5.41) is 37.6. The fraction of sp³-hybridized carbons (Fsp3) is 0.750. The Morgan fingerprint density at radius 2 is 0.957 bits per heavy atom. The van der Waals surface area contributed by atoms with Crippen LogP contribution in [-0.4, -0.2) is 86.5 Å². The third kappa shape index (κ3) is 8.03. The van der Waals surface area contributed by atoms with E-state index in [4.69, 9.17) is 14.2 Å². The maximum Gasteiger partial charge on any atom is 0.0645 e. The van der Waals surface area contributed by atoms with Gasteiger partial charge in [0.05, 0.1) is 76.9 Å². The first-order chi connectivity index (χ1) is 11.1. The molecule has 0 aliphatic rings. The first kappa shape index (κ1) is 22.2. The van der Waals surface area contributed by atoms with Crippen LogP contribution in [0.2, 0.25) is 0 Å². The van der Waals surface area contributed by atoms with Gasteiger partial charge in [0.15, 0.2) is 0 Å². The lowest BCUT2D eigenvalue weighted by Gasteiger charge is -2.33. The van der Waals surface area contributed by atoms with E-state index in [9.17, 15) is 20.4 Å². The Balaban J connectivity index is 4.69. The third-order valence-electron chi connectivity index (χ3n) is 3.45. The highest BCUT2D eigenvalue weighted by atomic mass is 16.5. The van der Waals surface area contributed by atoms with Crippen LogP contribution in [-0.2, 0) is 14.2 Å². The second-order valence-corrected chi connectivity index (χ2v) is 5.73. The first-order valence-electron chi connectivity index (χ1n) is 7.46. The Hall–Kier alpha value is -0.800. The van der Waals surface area contributed by atoms with Crippen molar-refractivity contribution in [3.63, 3.8) is 0 Å². The molecule has 7 nitrogen and oxygen atoms in total. The van der Waals surface area contributed by atoms with Crippen LogP contribution >= 0.6 is 0 Å². The van der Waals surface area contributed by atoms with E-state index in [-0.39, 0.29) is 33.0 Å². The van der Waals surface area contributed by atoms with Crippen molar-refractivity contribution in [3.05, 3.63) is 25.3 Å². The Labute approximate surface area is 137 Å². The number of aliphatic hydroxyl groups excluding tert-OH is 4. The van der Waals surface area contributed by atoms with Gasteiger partial charge in [-0.15, -0.1) is 13.2 Å². The number of rotatable bonds is 16. The van der Waals surface area contributed by atoms with Crippen LogP contribution < -0.4 is 0 Å². The SMILES string of the molecule is C=CCOCC(CO)(COCC=C)COCC(CO)(CO)CO. The topological polar surface area (TPSA) is 109 Å². The zero-order chi connectivity index (χ0) is 17.6. The molecule has 0 spiro atoms. The highest BCUT2D eigenvalue weighted by Crippen LogP contribution is 2.22. The van der Waals surface area contributed by atoms with Crippen molar-refractivity contribution >= 4 is 0 Å². The molecule has 0 saturated carbocycles. The Morgan fingerprint density at radius 3 is 1.30 bits per heavy atom. The second kappa shape index (κ2) is 12.6. The van der Waals surface area contributed by atoms with Crippen LogP contribution in [0, 0.1) is 10.8 Å². The lowest BCUT2D eigenvalue weighted by molar-refractivity contribution is -0.116. The molecular weight excluding hydrogens is 304 g/mol. The maximum atomic E-state index is 9.74. The van der Waals surface area contributed by atoms with Gasteiger partial charge < -0.3 is 34.6 Å². The average molecular weight is 334 g/mol. The van der Waals surface area contributed by atoms with E-state index in [1.807, 2.05) is 0 Å². The molecular formula is C16H30O7. The van der Waals surface area contributed by atoms with Crippen molar-refractivity contribution in [1.82, 2.24) is 0 Å². The van der Waals surface area contributed by atoms with Crippen LogP contribution in [0.15, 0.2) is 25.3 Å². The van der Waals surface area contributed by atoms with Crippen molar-refractivity contribution in [2.24, 2.45) is 10.8 Å². The smallest absolute Gasteiger partial charge is 0.0645 e. The molecule has 0 unspecified atom stereocenters. The molecule has 0 aromatic rings. The Morgan fingerprint density at radius 1 is 0.609 bits per heavy atom. The fourth-order valence-corrected chi connectivity index (χ4v) is 1.75. The third-order valence-corrected chi connectivity index (χ3v) is 3.45. The van der Waals surface area contributed by atoms with E-state index in [0.29, 0.717) is 13.2 Å². The monoisotopic (exact) mass is 334 g/mol. The molecule has 0 heterocycles. The Bertz CT molecular complexity index is 293. The molecule has 7 heteroatoms. The van der Waals surface area contributed by atoms with Gasteiger partial charge in [-0.25, -0.2) is 0 Å². The normalized spacial score (nSPS) is 12.3. The summed E-state index contributed by atoms with van der Waals surface area (Å²) in [7, 11) is 0. The van der Waals surface area contributed by atoms with E-state index < -0.39 is 30.7 Å². The van der Waals surface area contributed by atoms with Crippen LogP contribution in [0.1, 0.15) is 0 Å². The zero-order valence-electron chi connectivity index (χ0n) is 13.7. The van der Waals surface area contributed by atoms with Gasteiger partial charge >= 0.3 is 0 Å². The van der Waals surface area contributed by atoms with Crippen molar-refractivity contribution in [2.75, 3.05) is 66.1 Å². The number of ether oxygens (including phenoxy) is 3. The van der Waals surface area contributed by atoms with E-state index in [1.165, 1.54) is 0 Å². The average Bonchev–Trinajstić information content (AvgIpc) is 2.59. The highest BCUT2D eigenvalue weighted by molar-refractivity contribution is 4.82. The summed E-state index contributed by atoms with van der Waals surface area (Å²) in [5.74, 6) is 0. The number of hydrogen-bond acceptors (Lipinski definition) is 7. The summed E-state index contributed by atoms with van der Waals surface area (Å²) >= 11 is 0. The quantitative estimate of drug-likeness (QED) is 0.219. The van der Waals surface area contributed by atoms with Crippen molar-refractivity contribution in [2.45, 2.75) is 0 Å². The molecule has 0 radical (unpaired) electrons. The number of hydrogen-bond donors (Lipinski definition) is 4. The molecule has 0 aromatic carbocycles. The minimum Gasteiger partial charge on any atom is -0.396 e. The molecule has 0 rings (SSSR count). The summed E-state index contributed by atoms with van der Waals surface area (Å²) in [6, 6.07) is 0. The molecule has 4 N–H and O–H groups in total. The highest BCUT2D eigenvalue weighted by Gasteiger charge is 2.34. The fourth-order valence-electron chi connectivity index (χ4n) is 1.75. The molecule has 0 bridgehead atoms. The summed E-state index contributed by atoms with van der Waals surface area (Å²) in [4.78, 5) is 0. The van der Waals surface area contributed by atoms with Gasteiger partial charge in [-0.1, -0.05) is 12.2 Å². The number of aliphatic hydroxyl groups is 4. The van der Waals surface area contributed by atoms with Gasteiger partial charge in [0.1, 0.15) is 0 Å². The first-order valence-corrected chi connectivity index (χ1v) is 7.46. The zero-order valence-corrected chi connectivity index (χ0v) is 13.7. The minimum absolute atomic E-state index is 0.0544. The van der Waals surface area contributed by atoms with Gasteiger partial charge in [-0.2, -0.15) is 0 Å². The van der Waals surface area contributed by atoms with Gasteiger partial charge in [0.2, 0.25) is 0 Å². The van der Waals surface area contributed by atoms with E-state index in [2.05, 4.69) is 13.2 Å². The molecule has 23 heavy (non-hydrogen) atoms. The standard InChI is InChI=1S/C16H30O7/c1-3-5-21-12-16(10-20,13-22-6-4-2)14-23-11-15(7-17,8-18)9-19/h3-4,17-20H,1-2,5-14H2. The van der Waals surface area contributed by atoms with Crippen molar-refractivity contribution in [1.29, 1.82) is 0 Å². The van der Waals surface area contributed by atoms with Crippen LogP contribution in [0.25, 0.3) is 0 Å². The molecule has 0 aliphatic heterocycles. The summed E-state index contributed by atoms with van der Waals surface area (Å²) < 4.78 is 16.4. The molecule has 136 valence electrons. The van der Waals surface area contributed by atoms with Crippen LogP contribution in [0.3, 0.4) is 0 Å². The van der Waals surface area contributed by atoms with Crippen molar-refractivity contribution < 1.29 is 34.6 Å². The summed E-state index contributed by atoms with van der Waals surface area (Å²) in [5.41, 5.74) is -1.91. The molecule has 0 atom stereocenters. The predicted octanol–water partition coefficient (Wildman–Crippen LogP) is -0.650. The minimum atomic E-state index is -1.12. The van der Waals surface area contributed by atoms with Crippen LogP contribution in [0.4, 0.5) is 0 Å². The van der Waals surface area contributed by atoms with Gasteiger partial charge in [0, 0.05) is 0 Å². The lowest BCUT2D eigenvalue weighted by Crippen LogP contribution is -2.44. The second-order valence-electron chi connectivity index (χ2n) is 5.73. The van der Waals surface area contributed by atoms with Crippen molar-refractivity contribution in [3.8, 4) is 0 Å².